The van der Waals surface area contributed by atoms with Gasteiger partial charge in [0.1, 0.15) is 0 Å². The van der Waals surface area contributed by atoms with Crippen molar-refractivity contribution < 1.29 is 15.0 Å². The van der Waals surface area contributed by atoms with Crippen LogP contribution in [0.2, 0.25) is 0 Å². The summed E-state index contributed by atoms with van der Waals surface area (Å²) in [6, 6.07) is 9.15. The van der Waals surface area contributed by atoms with Crippen molar-refractivity contribution in [1.82, 2.24) is 5.32 Å². The van der Waals surface area contributed by atoms with Crippen molar-refractivity contribution in [3.8, 4) is 0 Å². The Morgan fingerprint density at radius 2 is 2.00 bits per heavy atom. The highest BCUT2D eigenvalue weighted by atomic mass is 16.4. The van der Waals surface area contributed by atoms with Gasteiger partial charge < -0.3 is 15.5 Å². The summed E-state index contributed by atoms with van der Waals surface area (Å²) in [5.74, 6) is -0.831. The number of aliphatic hydroxyl groups is 1. The van der Waals surface area contributed by atoms with Crippen LogP contribution in [0.4, 0.5) is 0 Å². The predicted molar refractivity (Wildman–Crippen MR) is 75.0 cm³/mol. The van der Waals surface area contributed by atoms with E-state index in [-0.39, 0.29) is 12.5 Å². The normalized spacial score (nSPS) is 14.0. The molecule has 0 amide bonds. The summed E-state index contributed by atoms with van der Waals surface area (Å²) in [6.45, 7) is 2.90. The molecule has 0 aromatic heterocycles. The Bertz CT molecular complexity index is 367. The fourth-order valence-electron chi connectivity index (χ4n) is 2.00. The molecule has 2 atom stereocenters. The standard InChI is InChI=1S/C15H23NO3/c1-2-3-11-16-13(9-10-14(17)18)15(19)12-7-5-4-6-8-12/h4-8,13,15-16,19H,2-3,9-11H2,1H3,(H,17,18). The molecule has 0 aliphatic heterocycles. The minimum absolute atomic E-state index is 0.0632. The fourth-order valence-corrected chi connectivity index (χ4v) is 2.00. The molecule has 0 bridgehead atoms. The van der Waals surface area contributed by atoms with Gasteiger partial charge >= 0.3 is 5.97 Å². The van der Waals surface area contributed by atoms with E-state index in [9.17, 15) is 9.90 Å². The van der Waals surface area contributed by atoms with Gasteiger partial charge in [-0.2, -0.15) is 0 Å². The van der Waals surface area contributed by atoms with Crippen LogP contribution in [-0.2, 0) is 4.79 Å². The van der Waals surface area contributed by atoms with Crippen LogP contribution in [0.15, 0.2) is 30.3 Å². The summed E-state index contributed by atoms with van der Waals surface area (Å²) in [7, 11) is 0. The van der Waals surface area contributed by atoms with Crippen molar-refractivity contribution in [2.24, 2.45) is 0 Å². The first-order valence-electron chi connectivity index (χ1n) is 6.83. The summed E-state index contributed by atoms with van der Waals surface area (Å²) in [4.78, 5) is 10.7. The third-order valence-electron chi connectivity index (χ3n) is 3.13. The molecule has 1 aromatic rings. The fraction of sp³-hybridized carbons (Fsp3) is 0.533. The van der Waals surface area contributed by atoms with Gasteiger partial charge in [-0.05, 0) is 24.9 Å². The van der Waals surface area contributed by atoms with E-state index in [1.165, 1.54) is 0 Å². The smallest absolute Gasteiger partial charge is 0.303 e. The molecule has 0 aliphatic carbocycles. The molecule has 0 fully saturated rings. The van der Waals surface area contributed by atoms with E-state index in [0.717, 1.165) is 24.9 Å². The van der Waals surface area contributed by atoms with Crippen LogP contribution in [0.1, 0.15) is 44.3 Å². The van der Waals surface area contributed by atoms with Crippen LogP contribution in [-0.4, -0.2) is 28.8 Å². The molecule has 0 heterocycles. The second-order valence-electron chi connectivity index (χ2n) is 4.70. The van der Waals surface area contributed by atoms with Crippen molar-refractivity contribution in [3.63, 3.8) is 0 Å². The minimum atomic E-state index is -0.831. The number of rotatable bonds is 9. The van der Waals surface area contributed by atoms with Crippen LogP contribution in [0, 0.1) is 0 Å². The van der Waals surface area contributed by atoms with Crippen LogP contribution in [0.5, 0.6) is 0 Å². The number of hydrogen-bond acceptors (Lipinski definition) is 3. The lowest BCUT2D eigenvalue weighted by molar-refractivity contribution is -0.137. The van der Waals surface area contributed by atoms with Crippen LogP contribution < -0.4 is 5.32 Å². The maximum absolute atomic E-state index is 10.7. The molecule has 4 heteroatoms. The molecule has 19 heavy (non-hydrogen) atoms. The highest BCUT2D eigenvalue weighted by molar-refractivity contribution is 5.66. The molecular formula is C15H23NO3. The Morgan fingerprint density at radius 3 is 2.58 bits per heavy atom. The van der Waals surface area contributed by atoms with Gasteiger partial charge in [0.2, 0.25) is 0 Å². The largest absolute Gasteiger partial charge is 0.481 e. The average Bonchev–Trinajstić information content (AvgIpc) is 2.42. The van der Waals surface area contributed by atoms with E-state index in [1.807, 2.05) is 30.3 Å². The second kappa shape index (κ2) is 8.67. The second-order valence-corrected chi connectivity index (χ2v) is 4.70. The average molecular weight is 265 g/mol. The molecule has 2 unspecified atom stereocenters. The maximum Gasteiger partial charge on any atom is 0.303 e. The number of hydrogen-bond donors (Lipinski definition) is 3. The minimum Gasteiger partial charge on any atom is -0.481 e. The summed E-state index contributed by atoms with van der Waals surface area (Å²) in [5, 5.41) is 22.4. The lowest BCUT2D eigenvalue weighted by atomic mass is 9.98. The molecule has 0 saturated carbocycles. The molecule has 0 radical (unpaired) electrons. The third-order valence-corrected chi connectivity index (χ3v) is 3.13. The number of aliphatic hydroxyl groups excluding tert-OH is 1. The van der Waals surface area contributed by atoms with Crippen molar-refractivity contribution in [3.05, 3.63) is 35.9 Å². The summed E-state index contributed by atoms with van der Waals surface area (Å²) in [5.41, 5.74) is 0.821. The van der Waals surface area contributed by atoms with E-state index in [1.54, 1.807) is 0 Å². The van der Waals surface area contributed by atoms with Gasteiger partial charge in [-0.1, -0.05) is 43.7 Å². The molecule has 0 aliphatic rings. The maximum atomic E-state index is 10.7. The van der Waals surface area contributed by atoms with Crippen molar-refractivity contribution in [2.45, 2.75) is 44.8 Å². The molecule has 106 valence electrons. The zero-order chi connectivity index (χ0) is 14.1. The molecule has 1 aromatic carbocycles. The number of carboxylic acid groups (broad SMARTS) is 1. The van der Waals surface area contributed by atoms with Gasteiger partial charge in [-0.3, -0.25) is 4.79 Å². The lowest BCUT2D eigenvalue weighted by Crippen LogP contribution is -2.36. The van der Waals surface area contributed by atoms with Gasteiger partial charge in [0, 0.05) is 12.5 Å². The van der Waals surface area contributed by atoms with E-state index < -0.39 is 12.1 Å². The third kappa shape index (κ3) is 5.85. The van der Waals surface area contributed by atoms with E-state index >= 15 is 0 Å². The van der Waals surface area contributed by atoms with Gasteiger partial charge in [-0.25, -0.2) is 0 Å². The number of aliphatic carboxylic acids is 1. The van der Waals surface area contributed by atoms with Crippen molar-refractivity contribution in [1.29, 1.82) is 0 Å². The number of carboxylic acids is 1. The van der Waals surface area contributed by atoms with Gasteiger partial charge in [0.15, 0.2) is 0 Å². The van der Waals surface area contributed by atoms with Crippen LogP contribution in [0.25, 0.3) is 0 Å². The number of nitrogens with one attached hydrogen (secondary N) is 1. The zero-order valence-corrected chi connectivity index (χ0v) is 11.4. The monoisotopic (exact) mass is 265 g/mol. The Balaban J connectivity index is 2.62. The quantitative estimate of drug-likeness (QED) is 0.599. The first-order chi connectivity index (χ1) is 9.15. The Morgan fingerprint density at radius 1 is 1.32 bits per heavy atom. The molecular weight excluding hydrogens is 242 g/mol. The predicted octanol–water partition coefficient (Wildman–Crippen LogP) is 2.34. The Hall–Kier alpha value is -1.39. The number of unbranched alkanes of at least 4 members (excludes halogenated alkanes) is 1. The number of carbonyl (C=O) groups is 1. The Kier molecular flexibility index (Phi) is 7.15. The first kappa shape index (κ1) is 15.7. The first-order valence-corrected chi connectivity index (χ1v) is 6.83. The topological polar surface area (TPSA) is 69.6 Å². The highest BCUT2D eigenvalue weighted by Crippen LogP contribution is 2.19. The van der Waals surface area contributed by atoms with Crippen LogP contribution >= 0.6 is 0 Å². The van der Waals surface area contributed by atoms with Gasteiger partial charge in [0.05, 0.1) is 6.10 Å². The summed E-state index contributed by atoms with van der Waals surface area (Å²) in [6.07, 6.45) is 1.91. The summed E-state index contributed by atoms with van der Waals surface area (Å²) < 4.78 is 0. The molecule has 3 N–H and O–H groups in total. The van der Waals surface area contributed by atoms with E-state index in [0.29, 0.717) is 6.42 Å². The molecule has 0 saturated heterocycles. The van der Waals surface area contributed by atoms with Gasteiger partial charge in [0.25, 0.3) is 0 Å². The van der Waals surface area contributed by atoms with Crippen LogP contribution in [0.3, 0.4) is 0 Å². The van der Waals surface area contributed by atoms with Crippen molar-refractivity contribution in [2.75, 3.05) is 6.54 Å². The Labute approximate surface area is 114 Å². The van der Waals surface area contributed by atoms with Crippen molar-refractivity contribution >= 4 is 5.97 Å². The molecule has 4 nitrogen and oxygen atoms in total. The van der Waals surface area contributed by atoms with E-state index in [4.69, 9.17) is 5.11 Å². The summed E-state index contributed by atoms with van der Waals surface area (Å²) >= 11 is 0. The van der Waals surface area contributed by atoms with Gasteiger partial charge in [-0.15, -0.1) is 0 Å². The number of benzene rings is 1. The lowest BCUT2D eigenvalue weighted by Gasteiger charge is -2.24. The van der Waals surface area contributed by atoms with E-state index in [2.05, 4.69) is 12.2 Å². The zero-order valence-electron chi connectivity index (χ0n) is 11.4. The molecule has 0 spiro atoms. The SMILES string of the molecule is CCCCNC(CCC(=O)O)C(O)c1ccccc1. The molecule has 1 rings (SSSR count). The highest BCUT2D eigenvalue weighted by Gasteiger charge is 2.20.